The van der Waals surface area contributed by atoms with Crippen LogP contribution in [0.25, 0.3) is 0 Å². The molecular formula is C14H25N3O5S. The van der Waals surface area contributed by atoms with E-state index in [0.717, 1.165) is 19.3 Å². The highest BCUT2D eigenvalue weighted by Crippen LogP contribution is 2.25. The van der Waals surface area contributed by atoms with Crippen LogP contribution in [0.3, 0.4) is 0 Å². The second-order valence-electron chi connectivity index (χ2n) is 6.32. The fraction of sp³-hybridized carbons (Fsp3) is 0.857. The number of amides is 2. The molecule has 1 heterocycles. The summed E-state index contributed by atoms with van der Waals surface area (Å²) in [6.45, 7) is 1.17. The van der Waals surface area contributed by atoms with E-state index in [0.29, 0.717) is 31.8 Å². The molecule has 0 spiro atoms. The Morgan fingerprint density at radius 1 is 1.17 bits per heavy atom. The summed E-state index contributed by atoms with van der Waals surface area (Å²) in [5.41, 5.74) is 0. The van der Waals surface area contributed by atoms with Gasteiger partial charge in [-0.15, -0.1) is 0 Å². The van der Waals surface area contributed by atoms with E-state index in [1.54, 1.807) is 0 Å². The normalized spacial score (nSPS) is 22.4. The molecule has 0 aromatic heterocycles. The van der Waals surface area contributed by atoms with Crippen molar-refractivity contribution >= 4 is 22.0 Å². The molecule has 0 aromatic carbocycles. The number of hydrogen-bond acceptors (Lipinski definition) is 4. The van der Waals surface area contributed by atoms with Crippen molar-refractivity contribution in [1.82, 2.24) is 14.9 Å². The minimum Gasteiger partial charge on any atom is -0.481 e. The van der Waals surface area contributed by atoms with Gasteiger partial charge in [-0.25, -0.2) is 17.9 Å². The van der Waals surface area contributed by atoms with Gasteiger partial charge in [0, 0.05) is 26.2 Å². The van der Waals surface area contributed by atoms with Crippen LogP contribution >= 0.6 is 0 Å². The molecule has 1 aliphatic heterocycles. The zero-order valence-electron chi connectivity index (χ0n) is 13.2. The summed E-state index contributed by atoms with van der Waals surface area (Å²) in [7, 11) is -3.38. The molecule has 1 unspecified atom stereocenters. The van der Waals surface area contributed by atoms with Crippen molar-refractivity contribution in [2.75, 3.05) is 31.9 Å². The highest BCUT2D eigenvalue weighted by Gasteiger charge is 2.28. The number of urea groups is 1. The van der Waals surface area contributed by atoms with E-state index in [4.69, 9.17) is 5.11 Å². The maximum absolute atomic E-state index is 12.0. The number of carbonyl (C=O) groups is 2. The van der Waals surface area contributed by atoms with Crippen LogP contribution in [0.2, 0.25) is 0 Å². The summed E-state index contributed by atoms with van der Waals surface area (Å²) in [5.74, 6) is -1.16. The summed E-state index contributed by atoms with van der Waals surface area (Å²) < 4.78 is 26.2. The van der Waals surface area contributed by atoms with Gasteiger partial charge in [0.05, 0.1) is 11.7 Å². The number of sulfonamides is 1. The Morgan fingerprint density at radius 2 is 1.91 bits per heavy atom. The number of nitrogens with zero attached hydrogens (tertiary/aromatic N) is 1. The lowest BCUT2D eigenvalue weighted by Crippen LogP contribution is -2.48. The number of carboxylic acid groups (broad SMARTS) is 1. The highest BCUT2D eigenvalue weighted by atomic mass is 32.2. The minimum absolute atomic E-state index is 0.0209. The lowest BCUT2D eigenvalue weighted by molar-refractivity contribution is -0.143. The molecule has 0 bridgehead atoms. The van der Waals surface area contributed by atoms with Gasteiger partial charge in [0.2, 0.25) is 10.0 Å². The van der Waals surface area contributed by atoms with Crippen LogP contribution in [0.5, 0.6) is 0 Å². The zero-order chi connectivity index (χ0) is 16.9. The molecule has 1 saturated carbocycles. The van der Waals surface area contributed by atoms with Gasteiger partial charge in [0.15, 0.2) is 0 Å². The molecule has 1 saturated heterocycles. The summed E-state index contributed by atoms with van der Waals surface area (Å²) in [6, 6.07) is -0.398. The Labute approximate surface area is 136 Å². The van der Waals surface area contributed by atoms with Crippen LogP contribution in [0.1, 0.15) is 32.1 Å². The molecule has 2 rings (SSSR count). The van der Waals surface area contributed by atoms with Crippen molar-refractivity contribution in [3.05, 3.63) is 0 Å². The number of carboxylic acids is 1. The Bertz CT molecular complexity index is 533. The van der Waals surface area contributed by atoms with Gasteiger partial charge in [-0.2, -0.15) is 0 Å². The topological polar surface area (TPSA) is 116 Å². The Hall–Kier alpha value is -1.35. The van der Waals surface area contributed by atoms with E-state index in [-0.39, 0.29) is 18.8 Å². The number of likely N-dealkylation sites (tertiary alicyclic amines) is 1. The van der Waals surface area contributed by atoms with Gasteiger partial charge < -0.3 is 15.3 Å². The number of piperidine rings is 1. The summed E-state index contributed by atoms with van der Waals surface area (Å²) in [6.07, 6.45) is 4.51. The maximum atomic E-state index is 12.0. The lowest BCUT2D eigenvalue weighted by Gasteiger charge is -2.30. The van der Waals surface area contributed by atoms with Crippen LogP contribution in [-0.4, -0.2) is 62.4 Å². The van der Waals surface area contributed by atoms with E-state index >= 15 is 0 Å². The molecule has 1 aliphatic carbocycles. The first-order chi connectivity index (χ1) is 10.9. The van der Waals surface area contributed by atoms with Crippen LogP contribution in [-0.2, 0) is 14.8 Å². The third-order valence-electron chi connectivity index (χ3n) is 4.52. The minimum atomic E-state index is -3.38. The van der Waals surface area contributed by atoms with Gasteiger partial charge >= 0.3 is 12.0 Å². The summed E-state index contributed by atoms with van der Waals surface area (Å²) >= 11 is 0. The maximum Gasteiger partial charge on any atom is 0.317 e. The molecule has 1 atom stereocenters. The quantitative estimate of drug-likeness (QED) is 0.609. The Balaban J connectivity index is 1.68. The lowest BCUT2D eigenvalue weighted by atomic mass is 9.86. The van der Waals surface area contributed by atoms with Gasteiger partial charge in [0.1, 0.15) is 0 Å². The predicted molar refractivity (Wildman–Crippen MR) is 84.5 cm³/mol. The molecule has 3 N–H and O–H groups in total. The number of nitrogens with one attached hydrogen (secondary N) is 2. The second kappa shape index (κ2) is 7.96. The third kappa shape index (κ3) is 5.65. The van der Waals surface area contributed by atoms with Crippen LogP contribution in [0.15, 0.2) is 0 Å². The predicted octanol–water partition coefficient (Wildman–Crippen LogP) is 0.212. The standard InChI is InChI=1S/C14H25N3O5S/c18-13(19)12-5-2-7-17(10-12)14(20)15-6-8-23(21,22)16-9-11-3-1-4-11/h11-12,16H,1-10H2,(H,15,20)(H,18,19). The van der Waals surface area contributed by atoms with Crippen molar-refractivity contribution in [1.29, 1.82) is 0 Å². The van der Waals surface area contributed by atoms with Crippen molar-refractivity contribution < 1.29 is 23.1 Å². The number of carbonyl (C=O) groups excluding carboxylic acids is 1. The van der Waals surface area contributed by atoms with Gasteiger partial charge in [-0.1, -0.05) is 6.42 Å². The first kappa shape index (κ1) is 18.0. The molecule has 2 amide bonds. The molecule has 9 heteroatoms. The molecule has 0 aromatic rings. The van der Waals surface area contributed by atoms with Gasteiger partial charge in [-0.3, -0.25) is 4.79 Å². The first-order valence-electron chi connectivity index (χ1n) is 8.10. The molecule has 2 fully saturated rings. The van der Waals surface area contributed by atoms with Gasteiger partial charge in [-0.05, 0) is 31.6 Å². The molecule has 23 heavy (non-hydrogen) atoms. The first-order valence-corrected chi connectivity index (χ1v) is 9.75. The van der Waals surface area contributed by atoms with Crippen LogP contribution < -0.4 is 10.0 Å². The van der Waals surface area contributed by atoms with E-state index < -0.39 is 27.9 Å². The smallest absolute Gasteiger partial charge is 0.317 e. The van der Waals surface area contributed by atoms with Crippen LogP contribution in [0.4, 0.5) is 4.79 Å². The van der Waals surface area contributed by atoms with Crippen molar-refractivity contribution in [2.24, 2.45) is 11.8 Å². The SMILES string of the molecule is O=C(O)C1CCCN(C(=O)NCCS(=O)(=O)NCC2CCC2)C1. The van der Waals surface area contributed by atoms with E-state index in [1.165, 1.54) is 4.90 Å². The average Bonchev–Trinajstić information content (AvgIpc) is 2.45. The average molecular weight is 347 g/mol. The molecular weight excluding hydrogens is 322 g/mol. The number of aliphatic carboxylic acids is 1. The van der Waals surface area contributed by atoms with E-state index in [9.17, 15) is 18.0 Å². The fourth-order valence-corrected chi connectivity index (χ4v) is 3.79. The van der Waals surface area contributed by atoms with Gasteiger partial charge in [0.25, 0.3) is 0 Å². The zero-order valence-corrected chi connectivity index (χ0v) is 14.0. The monoisotopic (exact) mass is 347 g/mol. The van der Waals surface area contributed by atoms with Crippen LogP contribution in [0, 0.1) is 11.8 Å². The number of rotatable bonds is 7. The second-order valence-corrected chi connectivity index (χ2v) is 8.25. The van der Waals surface area contributed by atoms with Crippen molar-refractivity contribution in [3.8, 4) is 0 Å². The number of hydrogen-bond donors (Lipinski definition) is 3. The molecule has 8 nitrogen and oxygen atoms in total. The summed E-state index contributed by atoms with van der Waals surface area (Å²) in [5, 5.41) is 11.6. The van der Waals surface area contributed by atoms with Crippen molar-refractivity contribution in [3.63, 3.8) is 0 Å². The fourth-order valence-electron chi connectivity index (χ4n) is 2.78. The Morgan fingerprint density at radius 3 is 2.52 bits per heavy atom. The Kier molecular flexibility index (Phi) is 6.23. The van der Waals surface area contributed by atoms with E-state index in [2.05, 4.69) is 10.0 Å². The van der Waals surface area contributed by atoms with Crippen molar-refractivity contribution in [2.45, 2.75) is 32.1 Å². The summed E-state index contributed by atoms with van der Waals surface area (Å²) in [4.78, 5) is 24.4. The highest BCUT2D eigenvalue weighted by molar-refractivity contribution is 7.89. The molecule has 132 valence electrons. The molecule has 2 aliphatic rings. The largest absolute Gasteiger partial charge is 0.481 e. The molecule has 0 radical (unpaired) electrons. The third-order valence-corrected chi connectivity index (χ3v) is 5.87. The van der Waals surface area contributed by atoms with E-state index in [1.807, 2.05) is 0 Å².